The van der Waals surface area contributed by atoms with Crippen LogP contribution in [-0.2, 0) is 10.0 Å². The van der Waals surface area contributed by atoms with Gasteiger partial charge < -0.3 is 10.4 Å². The van der Waals surface area contributed by atoms with Gasteiger partial charge in [-0.2, -0.15) is 4.31 Å². The van der Waals surface area contributed by atoms with Gasteiger partial charge in [-0.15, -0.1) is 0 Å². The molecule has 0 amide bonds. The van der Waals surface area contributed by atoms with Crippen LogP contribution in [0.15, 0.2) is 29.2 Å². The molecule has 0 unspecified atom stereocenters. The summed E-state index contributed by atoms with van der Waals surface area (Å²) in [6.45, 7) is 5.49. The molecular weight excluding hydrogens is 276 g/mol. The highest BCUT2D eigenvalue weighted by Crippen LogP contribution is 2.24. The maximum absolute atomic E-state index is 12.6. The van der Waals surface area contributed by atoms with E-state index >= 15 is 0 Å². The number of aliphatic hydroxyl groups excluding tert-OH is 1. The van der Waals surface area contributed by atoms with Crippen LogP contribution in [0.3, 0.4) is 0 Å². The summed E-state index contributed by atoms with van der Waals surface area (Å²) >= 11 is 0. The lowest BCUT2D eigenvalue weighted by atomic mass is 10.1. The van der Waals surface area contributed by atoms with Gasteiger partial charge in [0.1, 0.15) is 0 Å². The average molecular weight is 298 g/mol. The minimum atomic E-state index is -3.42. The molecule has 0 saturated carbocycles. The predicted molar refractivity (Wildman–Crippen MR) is 78.0 cm³/mol. The van der Waals surface area contributed by atoms with Crippen molar-refractivity contribution in [3.8, 4) is 0 Å². The van der Waals surface area contributed by atoms with Gasteiger partial charge in [-0.3, -0.25) is 0 Å². The minimum absolute atomic E-state index is 0.0634. The molecule has 1 fully saturated rings. The summed E-state index contributed by atoms with van der Waals surface area (Å²) < 4.78 is 26.6. The second-order valence-corrected chi connectivity index (χ2v) is 7.33. The molecule has 2 rings (SSSR count). The molecule has 0 bridgehead atoms. The summed E-state index contributed by atoms with van der Waals surface area (Å²) in [6, 6.07) is 7.04. The van der Waals surface area contributed by atoms with Crippen LogP contribution >= 0.6 is 0 Å². The second-order valence-electron chi connectivity index (χ2n) is 5.40. The Balaban J connectivity index is 2.13. The van der Waals surface area contributed by atoms with Gasteiger partial charge in [-0.1, -0.05) is 24.6 Å². The van der Waals surface area contributed by atoms with E-state index in [1.54, 1.807) is 12.1 Å². The van der Waals surface area contributed by atoms with E-state index < -0.39 is 10.0 Å². The number of hydrogen-bond donors (Lipinski definition) is 2. The van der Waals surface area contributed by atoms with E-state index in [2.05, 4.69) is 5.32 Å². The van der Waals surface area contributed by atoms with Gasteiger partial charge in [-0.05, 0) is 25.0 Å². The molecule has 0 aliphatic carbocycles. The van der Waals surface area contributed by atoms with E-state index in [0.29, 0.717) is 24.5 Å². The molecule has 0 spiro atoms. The number of aliphatic hydroxyl groups is 1. The SMILES string of the molecule is Cc1ccc(S(=O)(=O)N2C[C@@H](C)[C@@H](NCCO)C2)cc1. The normalized spacial score (nSPS) is 24.1. The van der Waals surface area contributed by atoms with Gasteiger partial charge in [0.2, 0.25) is 10.0 Å². The summed E-state index contributed by atoms with van der Waals surface area (Å²) in [5, 5.41) is 12.0. The highest BCUT2D eigenvalue weighted by atomic mass is 32.2. The van der Waals surface area contributed by atoms with E-state index in [1.807, 2.05) is 26.0 Å². The quantitative estimate of drug-likeness (QED) is 0.834. The average Bonchev–Trinajstić information content (AvgIpc) is 2.79. The van der Waals surface area contributed by atoms with Crippen molar-refractivity contribution in [3.05, 3.63) is 29.8 Å². The highest BCUT2D eigenvalue weighted by Gasteiger charge is 2.36. The van der Waals surface area contributed by atoms with Gasteiger partial charge in [0.15, 0.2) is 0 Å². The van der Waals surface area contributed by atoms with Crippen LogP contribution in [0, 0.1) is 12.8 Å². The Hall–Kier alpha value is -0.950. The van der Waals surface area contributed by atoms with Gasteiger partial charge in [-0.25, -0.2) is 8.42 Å². The lowest BCUT2D eigenvalue weighted by molar-refractivity contribution is 0.279. The Morgan fingerprint density at radius 3 is 2.55 bits per heavy atom. The van der Waals surface area contributed by atoms with Gasteiger partial charge in [0.25, 0.3) is 0 Å². The number of nitrogens with zero attached hydrogens (tertiary/aromatic N) is 1. The molecule has 0 aromatic heterocycles. The van der Waals surface area contributed by atoms with Gasteiger partial charge >= 0.3 is 0 Å². The van der Waals surface area contributed by atoms with Crippen LogP contribution in [0.25, 0.3) is 0 Å². The van der Waals surface area contributed by atoms with Crippen molar-refractivity contribution in [2.24, 2.45) is 5.92 Å². The van der Waals surface area contributed by atoms with E-state index in [1.165, 1.54) is 4.31 Å². The van der Waals surface area contributed by atoms with Crippen LogP contribution in [0.2, 0.25) is 0 Å². The Morgan fingerprint density at radius 1 is 1.30 bits per heavy atom. The Labute approximate surface area is 120 Å². The maximum Gasteiger partial charge on any atom is 0.243 e. The summed E-state index contributed by atoms with van der Waals surface area (Å²) in [5.41, 5.74) is 1.04. The fourth-order valence-electron chi connectivity index (χ4n) is 2.49. The lowest BCUT2D eigenvalue weighted by Crippen LogP contribution is -2.38. The first-order chi connectivity index (χ1) is 9.45. The zero-order chi connectivity index (χ0) is 14.8. The first-order valence-corrected chi connectivity index (χ1v) is 8.30. The van der Waals surface area contributed by atoms with Crippen LogP contribution < -0.4 is 5.32 Å². The third-order valence-corrected chi connectivity index (χ3v) is 5.60. The van der Waals surface area contributed by atoms with Crippen molar-refractivity contribution in [3.63, 3.8) is 0 Å². The number of sulfonamides is 1. The largest absolute Gasteiger partial charge is 0.395 e. The summed E-state index contributed by atoms with van der Waals surface area (Å²) in [6.07, 6.45) is 0. The number of rotatable bonds is 5. The molecule has 5 nitrogen and oxygen atoms in total. The molecule has 1 heterocycles. The number of hydrogen-bond acceptors (Lipinski definition) is 4. The number of benzene rings is 1. The van der Waals surface area contributed by atoms with E-state index in [0.717, 1.165) is 5.56 Å². The second kappa shape index (κ2) is 6.22. The Morgan fingerprint density at radius 2 is 1.95 bits per heavy atom. The first-order valence-electron chi connectivity index (χ1n) is 6.86. The van der Waals surface area contributed by atoms with Gasteiger partial charge in [0, 0.05) is 25.7 Å². The van der Waals surface area contributed by atoms with Gasteiger partial charge in [0.05, 0.1) is 11.5 Å². The van der Waals surface area contributed by atoms with E-state index in [9.17, 15) is 8.42 Å². The Kier molecular flexibility index (Phi) is 4.80. The van der Waals surface area contributed by atoms with Crippen LogP contribution in [0.4, 0.5) is 0 Å². The molecule has 2 N–H and O–H groups in total. The topological polar surface area (TPSA) is 69.6 Å². The molecule has 20 heavy (non-hydrogen) atoms. The van der Waals surface area contributed by atoms with E-state index in [-0.39, 0.29) is 18.6 Å². The highest BCUT2D eigenvalue weighted by molar-refractivity contribution is 7.89. The zero-order valence-electron chi connectivity index (χ0n) is 11.9. The summed E-state index contributed by atoms with van der Waals surface area (Å²) in [5.74, 6) is 0.238. The zero-order valence-corrected chi connectivity index (χ0v) is 12.7. The van der Waals surface area contributed by atoms with Crippen LogP contribution in [0.5, 0.6) is 0 Å². The third kappa shape index (κ3) is 3.20. The molecule has 0 radical (unpaired) electrons. The number of aryl methyl sites for hydroxylation is 1. The van der Waals surface area contributed by atoms with Crippen LogP contribution in [0.1, 0.15) is 12.5 Å². The smallest absolute Gasteiger partial charge is 0.243 e. The third-order valence-electron chi connectivity index (χ3n) is 3.76. The monoisotopic (exact) mass is 298 g/mol. The molecule has 6 heteroatoms. The van der Waals surface area contributed by atoms with Crippen LogP contribution in [-0.4, -0.2) is 50.1 Å². The van der Waals surface area contributed by atoms with Crippen molar-refractivity contribution in [1.82, 2.24) is 9.62 Å². The summed E-state index contributed by atoms with van der Waals surface area (Å²) in [4.78, 5) is 0.345. The molecule has 1 saturated heterocycles. The fraction of sp³-hybridized carbons (Fsp3) is 0.571. The molecule has 2 atom stereocenters. The molecule has 1 aliphatic heterocycles. The maximum atomic E-state index is 12.6. The molecule has 1 aliphatic rings. The van der Waals surface area contributed by atoms with E-state index in [4.69, 9.17) is 5.11 Å². The molecular formula is C14H22N2O3S. The van der Waals surface area contributed by atoms with Crippen molar-refractivity contribution in [2.45, 2.75) is 24.8 Å². The van der Waals surface area contributed by atoms with Crippen molar-refractivity contribution in [2.75, 3.05) is 26.2 Å². The van der Waals surface area contributed by atoms with Crippen molar-refractivity contribution >= 4 is 10.0 Å². The number of nitrogens with one attached hydrogen (secondary N) is 1. The Bertz CT molecular complexity index is 542. The first kappa shape index (κ1) is 15.4. The fourth-order valence-corrected chi connectivity index (χ4v) is 4.06. The predicted octanol–water partition coefficient (Wildman–Crippen LogP) is 0.586. The summed E-state index contributed by atoms with van der Waals surface area (Å²) in [7, 11) is -3.42. The van der Waals surface area contributed by atoms with Crippen molar-refractivity contribution in [1.29, 1.82) is 0 Å². The minimum Gasteiger partial charge on any atom is -0.395 e. The molecule has 1 aromatic carbocycles. The van der Waals surface area contributed by atoms with Crippen molar-refractivity contribution < 1.29 is 13.5 Å². The standard InChI is InChI=1S/C14H22N2O3S/c1-11-3-5-13(6-4-11)20(18,19)16-9-12(2)14(10-16)15-7-8-17/h3-6,12,14-15,17H,7-10H2,1-2H3/t12-,14+/m1/s1. The molecule has 112 valence electrons. The molecule has 1 aromatic rings. The lowest BCUT2D eigenvalue weighted by Gasteiger charge is -2.17.